The second-order valence-electron chi connectivity index (χ2n) is 4.61. The van der Waals surface area contributed by atoms with Crippen LogP contribution in [0.5, 0.6) is 5.75 Å². The number of benzene rings is 1. The highest BCUT2D eigenvalue weighted by Gasteiger charge is 2.24. The monoisotopic (exact) mass is 289 g/mol. The van der Waals surface area contributed by atoms with Gasteiger partial charge in [-0.15, -0.1) is 0 Å². The van der Waals surface area contributed by atoms with Gasteiger partial charge in [-0.05, 0) is 38.1 Å². The van der Waals surface area contributed by atoms with Crippen molar-refractivity contribution in [1.82, 2.24) is 10.2 Å². The lowest BCUT2D eigenvalue weighted by molar-refractivity contribution is -0.135. The summed E-state index contributed by atoms with van der Waals surface area (Å²) in [5, 5.41) is 25.0. The molecule has 110 valence electrons. The molecule has 0 saturated heterocycles. The minimum Gasteiger partial charge on any atom is -0.508 e. The normalized spacial score (nSPS) is 10.4. The molecule has 1 aromatic heterocycles. The molecule has 2 rings (SSSR count). The van der Waals surface area contributed by atoms with E-state index in [-0.39, 0.29) is 5.75 Å². The molecule has 21 heavy (non-hydrogen) atoms. The molecule has 1 heterocycles. The minimum absolute atomic E-state index is 0.0390. The van der Waals surface area contributed by atoms with Crippen molar-refractivity contribution in [2.45, 2.75) is 13.8 Å². The number of aromatic amines is 1. The molecule has 0 radical (unpaired) electrons. The summed E-state index contributed by atoms with van der Waals surface area (Å²) < 4.78 is 0. The largest absolute Gasteiger partial charge is 0.508 e. The molecule has 0 fully saturated rings. The molecule has 0 saturated carbocycles. The van der Waals surface area contributed by atoms with E-state index in [4.69, 9.17) is 5.11 Å². The van der Waals surface area contributed by atoms with Crippen molar-refractivity contribution in [3.63, 3.8) is 0 Å². The summed E-state index contributed by atoms with van der Waals surface area (Å²) in [6, 6.07) is 5.76. The number of carboxylic acid groups (broad SMARTS) is 1. The molecule has 0 unspecified atom stereocenters. The summed E-state index contributed by atoms with van der Waals surface area (Å²) in [5.41, 5.74) is 1.82. The van der Waals surface area contributed by atoms with Crippen molar-refractivity contribution >= 4 is 17.6 Å². The van der Waals surface area contributed by atoms with Crippen LogP contribution in [0.25, 0.3) is 0 Å². The highest BCUT2D eigenvalue weighted by atomic mass is 16.4. The molecule has 2 aromatic rings. The highest BCUT2D eigenvalue weighted by Crippen LogP contribution is 2.22. The molecule has 0 aliphatic rings. The number of phenols is 1. The van der Waals surface area contributed by atoms with Crippen molar-refractivity contribution in [2.24, 2.45) is 0 Å². The average molecular weight is 289 g/mol. The van der Waals surface area contributed by atoms with E-state index in [9.17, 15) is 14.7 Å². The Morgan fingerprint density at radius 2 is 1.86 bits per heavy atom. The van der Waals surface area contributed by atoms with E-state index in [0.29, 0.717) is 22.6 Å². The van der Waals surface area contributed by atoms with Gasteiger partial charge in [0.05, 0.1) is 11.3 Å². The standard InChI is InChI=1S/C14H15N3O4/c1-8-13(9(2)16-15-8)14(21)17(7-12(19)20)10-3-5-11(18)6-4-10/h3-6,18H,7H2,1-2H3,(H,15,16)(H,19,20). The first-order chi connectivity index (χ1) is 9.90. The number of hydrogen-bond donors (Lipinski definition) is 3. The topological polar surface area (TPSA) is 107 Å². The fourth-order valence-electron chi connectivity index (χ4n) is 2.05. The van der Waals surface area contributed by atoms with Gasteiger partial charge in [0, 0.05) is 11.4 Å². The van der Waals surface area contributed by atoms with Crippen molar-refractivity contribution in [2.75, 3.05) is 11.4 Å². The first-order valence-electron chi connectivity index (χ1n) is 6.24. The van der Waals surface area contributed by atoms with E-state index in [2.05, 4.69) is 10.2 Å². The molecular weight excluding hydrogens is 274 g/mol. The van der Waals surface area contributed by atoms with Gasteiger partial charge in [0.1, 0.15) is 12.3 Å². The lowest BCUT2D eigenvalue weighted by atomic mass is 10.1. The number of carbonyl (C=O) groups is 2. The van der Waals surface area contributed by atoms with Gasteiger partial charge in [0.15, 0.2) is 0 Å². The van der Waals surface area contributed by atoms with Crippen LogP contribution in [0.15, 0.2) is 24.3 Å². The van der Waals surface area contributed by atoms with Crippen molar-refractivity contribution in [3.05, 3.63) is 41.2 Å². The van der Waals surface area contributed by atoms with Gasteiger partial charge in [-0.3, -0.25) is 19.6 Å². The zero-order valence-corrected chi connectivity index (χ0v) is 11.6. The molecule has 1 aromatic carbocycles. The van der Waals surface area contributed by atoms with E-state index in [1.165, 1.54) is 24.3 Å². The second kappa shape index (κ2) is 5.66. The van der Waals surface area contributed by atoms with Crippen LogP contribution in [-0.4, -0.2) is 38.8 Å². The van der Waals surface area contributed by atoms with Crippen LogP contribution in [0.3, 0.4) is 0 Å². The van der Waals surface area contributed by atoms with Crippen molar-refractivity contribution in [1.29, 1.82) is 0 Å². The number of nitrogens with one attached hydrogen (secondary N) is 1. The Balaban J connectivity index is 2.43. The molecule has 0 aliphatic heterocycles. The molecule has 1 amide bonds. The van der Waals surface area contributed by atoms with Crippen LogP contribution in [0.1, 0.15) is 21.7 Å². The molecule has 0 bridgehead atoms. The van der Waals surface area contributed by atoms with Gasteiger partial charge in [-0.25, -0.2) is 0 Å². The Morgan fingerprint density at radius 3 is 2.33 bits per heavy atom. The fraction of sp³-hybridized carbons (Fsp3) is 0.214. The fourth-order valence-corrected chi connectivity index (χ4v) is 2.05. The quantitative estimate of drug-likeness (QED) is 0.790. The molecular formula is C14H15N3O4. The third kappa shape index (κ3) is 3.02. The third-order valence-corrected chi connectivity index (χ3v) is 3.04. The van der Waals surface area contributed by atoms with Crippen molar-refractivity contribution < 1.29 is 19.8 Å². The number of aromatic nitrogens is 2. The first kappa shape index (κ1) is 14.6. The number of nitrogens with zero attached hydrogens (tertiary/aromatic N) is 2. The first-order valence-corrected chi connectivity index (χ1v) is 6.24. The maximum absolute atomic E-state index is 12.6. The van der Waals surface area contributed by atoms with E-state index in [1.807, 2.05) is 0 Å². The Labute approximate surface area is 120 Å². The van der Waals surface area contributed by atoms with Crippen LogP contribution in [0, 0.1) is 13.8 Å². The van der Waals surface area contributed by atoms with E-state index in [1.54, 1.807) is 13.8 Å². The van der Waals surface area contributed by atoms with Gasteiger partial charge < -0.3 is 10.2 Å². The smallest absolute Gasteiger partial charge is 0.323 e. The number of anilines is 1. The predicted octanol–water partition coefficient (Wildman–Crippen LogP) is 1.46. The number of aryl methyl sites for hydroxylation is 2. The molecule has 7 heteroatoms. The van der Waals surface area contributed by atoms with Crippen molar-refractivity contribution in [3.8, 4) is 5.75 Å². The summed E-state index contributed by atoms with van der Waals surface area (Å²) in [6.07, 6.45) is 0. The zero-order chi connectivity index (χ0) is 15.6. The highest BCUT2D eigenvalue weighted by molar-refractivity contribution is 6.09. The van der Waals surface area contributed by atoms with E-state index < -0.39 is 18.4 Å². The van der Waals surface area contributed by atoms with E-state index in [0.717, 1.165) is 4.90 Å². The summed E-state index contributed by atoms with van der Waals surface area (Å²) >= 11 is 0. The van der Waals surface area contributed by atoms with Crippen LogP contribution < -0.4 is 4.90 Å². The lowest BCUT2D eigenvalue weighted by Crippen LogP contribution is -2.36. The average Bonchev–Trinajstić information content (AvgIpc) is 2.76. The number of H-pyrrole nitrogens is 1. The third-order valence-electron chi connectivity index (χ3n) is 3.04. The summed E-state index contributed by atoms with van der Waals surface area (Å²) in [6.45, 7) is 2.89. The Hall–Kier alpha value is -2.83. The molecule has 3 N–H and O–H groups in total. The van der Waals surface area contributed by atoms with Gasteiger partial charge in [0.25, 0.3) is 5.91 Å². The van der Waals surface area contributed by atoms with Crippen LogP contribution in [0.2, 0.25) is 0 Å². The molecule has 0 aliphatic carbocycles. The van der Waals surface area contributed by atoms with Crippen LogP contribution in [-0.2, 0) is 4.79 Å². The second-order valence-corrected chi connectivity index (χ2v) is 4.61. The van der Waals surface area contributed by atoms with Gasteiger partial charge in [-0.2, -0.15) is 5.10 Å². The minimum atomic E-state index is -1.13. The number of amides is 1. The number of phenolic OH excluding ortho intramolecular Hbond substituents is 1. The zero-order valence-electron chi connectivity index (χ0n) is 11.6. The summed E-state index contributed by atoms with van der Waals surface area (Å²) in [7, 11) is 0. The van der Waals surface area contributed by atoms with Gasteiger partial charge in [-0.1, -0.05) is 0 Å². The predicted molar refractivity (Wildman–Crippen MR) is 75.5 cm³/mol. The number of rotatable bonds is 4. The molecule has 0 spiro atoms. The summed E-state index contributed by atoms with van der Waals surface area (Å²) in [5.74, 6) is -1.54. The number of carboxylic acids is 1. The molecule has 0 atom stereocenters. The Morgan fingerprint density at radius 1 is 1.24 bits per heavy atom. The maximum Gasteiger partial charge on any atom is 0.323 e. The summed E-state index contributed by atoms with van der Waals surface area (Å²) in [4.78, 5) is 24.8. The Kier molecular flexibility index (Phi) is 3.93. The lowest BCUT2D eigenvalue weighted by Gasteiger charge is -2.21. The van der Waals surface area contributed by atoms with Gasteiger partial charge >= 0.3 is 5.97 Å². The SMILES string of the molecule is Cc1n[nH]c(C)c1C(=O)N(CC(=O)O)c1ccc(O)cc1. The van der Waals surface area contributed by atoms with E-state index >= 15 is 0 Å². The van der Waals surface area contributed by atoms with Gasteiger partial charge in [0.2, 0.25) is 0 Å². The van der Waals surface area contributed by atoms with Crippen LogP contribution in [0.4, 0.5) is 5.69 Å². The molecule has 7 nitrogen and oxygen atoms in total. The number of aromatic hydroxyl groups is 1. The Bertz CT molecular complexity index is 657. The number of aliphatic carboxylic acids is 1. The van der Waals surface area contributed by atoms with Crippen LogP contribution >= 0.6 is 0 Å². The number of hydrogen-bond acceptors (Lipinski definition) is 4. The number of carbonyl (C=O) groups excluding carboxylic acids is 1. The maximum atomic E-state index is 12.6.